The number of alkyl halides is 3. The van der Waals surface area contributed by atoms with Crippen LogP contribution in [0.5, 0.6) is 0 Å². The monoisotopic (exact) mass is 264 g/mol. The summed E-state index contributed by atoms with van der Waals surface area (Å²) in [6.45, 7) is 3.71. The maximum absolute atomic E-state index is 12.3. The summed E-state index contributed by atoms with van der Waals surface area (Å²) < 4.78 is 38.1. The fourth-order valence-corrected chi connectivity index (χ4v) is 1.29. The van der Waals surface area contributed by atoms with Gasteiger partial charge >= 0.3 is 6.18 Å². The molecule has 3 N–H and O–H groups in total. The number of aromatic nitrogens is 2. The van der Waals surface area contributed by atoms with Crippen molar-refractivity contribution in [3.05, 3.63) is 18.0 Å². The lowest BCUT2D eigenvalue weighted by molar-refractivity contribution is -0.141. The van der Waals surface area contributed by atoms with Crippen molar-refractivity contribution in [3.8, 4) is 0 Å². The Kier molecular flexibility index (Phi) is 3.88. The minimum absolute atomic E-state index is 0.0331. The zero-order valence-electron chi connectivity index (χ0n) is 10.1. The van der Waals surface area contributed by atoms with Gasteiger partial charge in [-0.15, -0.1) is 0 Å². The van der Waals surface area contributed by atoms with Crippen molar-refractivity contribution in [3.63, 3.8) is 0 Å². The molecule has 1 aromatic rings. The Labute approximate surface area is 102 Å². The molecule has 0 aliphatic rings. The van der Waals surface area contributed by atoms with Gasteiger partial charge < -0.3 is 10.9 Å². The van der Waals surface area contributed by atoms with Crippen LogP contribution in [0.25, 0.3) is 0 Å². The maximum Gasteiger partial charge on any atom is 0.435 e. The lowest BCUT2D eigenvalue weighted by Crippen LogP contribution is -2.33. The summed E-state index contributed by atoms with van der Waals surface area (Å²) in [5, 5.41) is 14.9. The van der Waals surface area contributed by atoms with Crippen LogP contribution in [0.4, 0.5) is 13.2 Å². The van der Waals surface area contributed by atoms with Gasteiger partial charge in [0.1, 0.15) is 5.84 Å². The van der Waals surface area contributed by atoms with E-state index >= 15 is 0 Å². The Hall–Kier alpha value is -1.73. The predicted molar refractivity (Wildman–Crippen MR) is 59.0 cm³/mol. The second kappa shape index (κ2) is 4.87. The Morgan fingerprint density at radius 1 is 1.50 bits per heavy atom. The number of nitrogens with zero attached hydrogens (tertiary/aromatic N) is 3. The molecular formula is C10H15F3N4O. The SMILES string of the molecule is CC(C)(CCn1ccc(C(F)(F)F)n1)C(N)=NO. The lowest BCUT2D eigenvalue weighted by Gasteiger charge is -2.22. The first kappa shape index (κ1) is 14.3. The second-order valence-electron chi connectivity index (χ2n) is 4.58. The fraction of sp³-hybridized carbons (Fsp3) is 0.600. The molecule has 0 aliphatic carbocycles. The van der Waals surface area contributed by atoms with Crippen LogP contribution in [0.1, 0.15) is 26.0 Å². The molecule has 1 rings (SSSR count). The zero-order valence-corrected chi connectivity index (χ0v) is 10.1. The van der Waals surface area contributed by atoms with Crippen molar-refractivity contribution in [1.29, 1.82) is 0 Å². The fourth-order valence-electron chi connectivity index (χ4n) is 1.29. The third kappa shape index (κ3) is 3.38. The van der Waals surface area contributed by atoms with Crippen LogP contribution in [0.3, 0.4) is 0 Å². The highest BCUT2D eigenvalue weighted by Crippen LogP contribution is 2.27. The first-order chi connectivity index (χ1) is 8.16. The minimum atomic E-state index is -4.44. The van der Waals surface area contributed by atoms with E-state index < -0.39 is 17.3 Å². The Morgan fingerprint density at radius 2 is 2.11 bits per heavy atom. The van der Waals surface area contributed by atoms with E-state index in [1.807, 2.05) is 0 Å². The van der Waals surface area contributed by atoms with Crippen molar-refractivity contribution in [2.45, 2.75) is 33.0 Å². The average Bonchev–Trinajstić information content (AvgIpc) is 2.73. The van der Waals surface area contributed by atoms with E-state index in [-0.39, 0.29) is 12.4 Å². The number of nitrogens with two attached hydrogens (primary N) is 1. The van der Waals surface area contributed by atoms with Crippen molar-refractivity contribution in [1.82, 2.24) is 9.78 Å². The van der Waals surface area contributed by atoms with Gasteiger partial charge in [0.15, 0.2) is 5.69 Å². The van der Waals surface area contributed by atoms with Crippen molar-refractivity contribution >= 4 is 5.84 Å². The second-order valence-corrected chi connectivity index (χ2v) is 4.58. The molecular weight excluding hydrogens is 249 g/mol. The predicted octanol–water partition coefficient (Wildman–Crippen LogP) is 2.06. The lowest BCUT2D eigenvalue weighted by atomic mass is 9.88. The molecule has 0 saturated heterocycles. The molecule has 0 atom stereocenters. The van der Waals surface area contributed by atoms with Gasteiger partial charge in [-0.1, -0.05) is 19.0 Å². The summed E-state index contributed by atoms with van der Waals surface area (Å²) in [4.78, 5) is 0. The van der Waals surface area contributed by atoms with E-state index in [0.717, 1.165) is 6.07 Å². The molecule has 102 valence electrons. The molecule has 0 saturated carbocycles. The van der Waals surface area contributed by atoms with E-state index in [9.17, 15) is 13.2 Å². The molecule has 0 radical (unpaired) electrons. The Balaban J connectivity index is 2.68. The molecule has 0 spiro atoms. The van der Waals surface area contributed by atoms with E-state index in [4.69, 9.17) is 10.9 Å². The summed E-state index contributed by atoms with van der Waals surface area (Å²) in [6, 6.07) is 0.913. The van der Waals surface area contributed by atoms with Gasteiger partial charge in [0.05, 0.1) is 0 Å². The van der Waals surface area contributed by atoms with Crippen LogP contribution < -0.4 is 5.73 Å². The molecule has 1 aromatic heterocycles. The van der Waals surface area contributed by atoms with Gasteiger partial charge in [0.2, 0.25) is 0 Å². The quantitative estimate of drug-likeness (QED) is 0.378. The highest BCUT2D eigenvalue weighted by molar-refractivity contribution is 5.85. The van der Waals surface area contributed by atoms with E-state index in [1.54, 1.807) is 13.8 Å². The first-order valence-corrected chi connectivity index (χ1v) is 5.25. The number of amidine groups is 1. The van der Waals surface area contributed by atoms with Crippen LogP contribution in [0.15, 0.2) is 17.4 Å². The summed E-state index contributed by atoms with van der Waals surface area (Å²) in [7, 11) is 0. The zero-order chi connectivity index (χ0) is 14.0. The molecule has 8 heteroatoms. The van der Waals surface area contributed by atoms with Crippen LogP contribution in [-0.2, 0) is 12.7 Å². The molecule has 0 amide bonds. The molecule has 0 aliphatic heterocycles. The summed E-state index contributed by atoms with van der Waals surface area (Å²) in [5.74, 6) is 0.0331. The van der Waals surface area contributed by atoms with Crippen LogP contribution in [0, 0.1) is 5.41 Å². The van der Waals surface area contributed by atoms with Gasteiger partial charge in [-0.05, 0) is 12.5 Å². The van der Waals surface area contributed by atoms with Gasteiger partial charge in [-0.2, -0.15) is 18.3 Å². The van der Waals surface area contributed by atoms with Crippen molar-refractivity contribution in [2.24, 2.45) is 16.3 Å². The molecule has 0 aromatic carbocycles. The molecule has 18 heavy (non-hydrogen) atoms. The number of hydrogen-bond donors (Lipinski definition) is 2. The minimum Gasteiger partial charge on any atom is -0.409 e. The summed E-state index contributed by atoms with van der Waals surface area (Å²) in [5.41, 5.74) is 3.94. The Morgan fingerprint density at radius 3 is 2.56 bits per heavy atom. The van der Waals surface area contributed by atoms with Crippen LogP contribution >= 0.6 is 0 Å². The third-order valence-electron chi connectivity index (χ3n) is 2.70. The third-order valence-corrected chi connectivity index (χ3v) is 2.70. The van der Waals surface area contributed by atoms with Gasteiger partial charge in [-0.3, -0.25) is 4.68 Å². The summed E-state index contributed by atoms with van der Waals surface area (Å²) >= 11 is 0. The topological polar surface area (TPSA) is 76.4 Å². The molecule has 0 fully saturated rings. The van der Waals surface area contributed by atoms with Crippen LogP contribution in [-0.4, -0.2) is 20.8 Å². The average molecular weight is 264 g/mol. The molecule has 5 nitrogen and oxygen atoms in total. The number of hydrogen-bond acceptors (Lipinski definition) is 3. The molecule has 0 bridgehead atoms. The van der Waals surface area contributed by atoms with E-state index in [0.29, 0.717) is 6.42 Å². The number of halogens is 3. The molecule has 1 heterocycles. The van der Waals surface area contributed by atoms with Crippen molar-refractivity contribution < 1.29 is 18.4 Å². The number of aryl methyl sites for hydroxylation is 1. The van der Waals surface area contributed by atoms with Gasteiger partial charge in [-0.25, -0.2) is 0 Å². The smallest absolute Gasteiger partial charge is 0.409 e. The van der Waals surface area contributed by atoms with E-state index in [1.165, 1.54) is 10.9 Å². The largest absolute Gasteiger partial charge is 0.435 e. The normalized spacial score (nSPS) is 13.9. The highest BCUT2D eigenvalue weighted by Gasteiger charge is 2.33. The Bertz CT molecular complexity index is 437. The maximum atomic E-state index is 12.3. The molecule has 0 unspecified atom stereocenters. The number of oxime groups is 1. The number of rotatable bonds is 4. The van der Waals surface area contributed by atoms with E-state index in [2.05, 4.69) is 10.3 Å². The van der Waals surface area contributed by atoms with Gasteiger partial charge in [0, 0.05) is 18.2 Å². The van der Waals surface area contributed by atoms with Gasteiger partial charge in [0.25, 0.3) is 0 Å². The standard InChI is InChI=1S/C10H15F3N4O/c1-9(2,8(14)16-18)4-6-17-5-3-7(15-17)10(11,12)13/h3,5,18H,4,6H2,1-2H3,(H2,14,16). The first-order valence-electron chi connectivity index (χ1n) is 5.25. The van der Waals surface area contributed by atoms with Crippen LogP contribution in [0.2, 0.25) is 0 Å². The summed E-state index contributed by atoms with van der Waals surface area (Å²) in [6.07, 6.45) is -2.78. The highest BCUT2D eigenvalue weighted by atomic mass is 19.4. The van der Waals surface area contributed by atoms with Crippen molar-refractivity contribution in [2.75, 3.05) is 0 Å².